The number of para-hydroxylation sites is 3. The topological polar surface area (TPSA) is 43.8 Å². The van der Waals surface area contributed by atoms with E-state index in [1.165, 1.54) is 0 Å². The van der Waals surface area contributed by atoms with Gasteiger partial charge in [0.25, 0.3) is 0 Å². The van der Waals surface area contributed by atoms with Crippen molar-refractivity contribution in [2.75, 3.05) is 0 Å². The van der Waals surface area contributed by atoms with E-state index in [-0.39, 0.29) is 6.04 Å². The van der Waals surface area contributed by atoms with Gasteiger partial charge in [0.05, 0.1) is 17.1 Å². The first kappa shape index (κ1) is 12.9. The number of nitrogens with two attached hydrogens (primary N) is 1. The lowest BCUT2D eigenvalue weighted by Crippen LogP contribution is -2.15. The lowest BCUT2D eigenvalue weighted by Gasteiger charge is -2.14. The molecule has 1 heterocycles. The normalized spacial score (nSPS) is 12.7. The minimum absolute atomic E-state index is 0.0346. The first-order valence-electron chi connectivity index (χ1n) is 7.09. The second kappa shape index (κ2) is 5.47. The van der Waals surface area contributed by atoms with Crippen LogP contribution in [-0.2, 0) is 0 Å². The summed E-state index contributed by atoms with van der Waals surface area (Å²) in [5.74, 6) is 0.944. The monoisotopic (exact) mass is 265 g/mol. The summed E-state index contributed by atoms with van der Waals surface area (Å²) >= 11 is 0. The SMILES string of the molecule is CCCC(N)c1nc2ccccc2n1-c1ccccc1. The molecule has 3 aromatic rings. The molecule has 20 heavy (non-hydrogen) atoms. The number of hydrogen-bond donors (Lipinski definition) is 1. The quantitative estimate of drug-likeness (QED) is 0.779. The molecule has 0 radical (unpaired) electrons. The predicted molar refractivity (Wildman–Crippen MR) is 82.9 cm³/mol. The Bertz CT molecular complexity index is 701. The molecular formula is C17H19N3. The zero-order valence-corrected chi connectivity index (χ0v) is 11.7. The summed E-state index contributed by atoms with van der Waals surface area (Å²) in [6, 6.07) is 18.4. The molecule has 0 aliphatic heterocycles. The highest BCUT2D eigenvalue weighted by Gasteiger charge is 2.17. The Morgan fingerprint density at radius 1 is 1.05 bits per heavy atom. The highest BCUT2D eigenvalue weighted by atomic mass is 15.1. The van der Waals surface area contributed by atoms with Crippen LogP contribution < -0.4 is 5.73 Å². The molecule has 3 nitrogen and oxygen atoms in total. The minimum atomic E-state index is -0.0346. The fourth-order valence-electron chi connectivity index (χ4n) is 2.58. The lowest BCUT2D eigenvalue weighted by molar-refractivity contribution is 0.596. The van der Waals surface area contributed by atoms with E-state index in [0.29, 0.717) is 0 Å². The van der Waals surface area contributed by atoms with Crippen LogP contribution in [0.2, 0.25) is 0 Å². The molecule has 0 amide bonds. The molecule has 0 saturated heterocycles. The van der Waals surface area contributed by atoms with Crippen molar-refractivity contribution < 1.29 is 0 Å². The maximum absolute atomic E-state index is 6.32. The van der Waals surface area contributed by atoms with E-state index in [1.807, 2.05) is 36.4 Å². The van der Waals surface area contributed by atoms with Gasteiger partial charge < -0.3 is 5.73 Å². The van der Waals surface area contributed by atoms with E-state index in [0.717, 1.165) is 35.4 Å². The number of fused-ring (bicyclic) bond motifs is 1. The molecule has 3 heteroatoms. The van der Waals surface area contributed by atoms with Crippen LogP contribution in [0, 0.1) is 0 Å². The van der Waals surface area contributed by atoms with Crippen LogP contribution >= 0.6 is 0 Å². The van der Waals surface area contributed by atoms with Gasteiger partial charge in [0.2, 0.25) is 0 Å². The van der Waals surface area contributed by atoms with Gasteiger partial charge in [0.15, 0.2) is 0 Å². The smallest absolute Gasteiger partial charge is 0.131 e. The van der Waals surface area contributed by atoms with E-state index in [1.54, 1.807) is 0 Å². The second-order valence-corrected chi connectivity index (χ2v) is 5.02. The number of hydrogen-bond acceptors (Lipinski definition) is 2. The van der Waals surface area contributed by atoms with Gasteiger partial charge in [-0.05, 0) is 30.7 Å². The predicted octanol–water partition coefficient (Wildman–Crippen LogP) is 3.83. The third-order valence-corrected chi connectivity index (χ3v) is 3.53. The van der Waals surface area contributed by atoms with Crippen molar-refractivity contribution in [3.05, 3.63) is 60.4 Å². The van der Waals surface area contributed by atoms with Crippen molar-refractivity contribution in [3.63, 3.8) is 0 Å². The van der Waals surface area contributed by atoms with E-state index < -0.39 is 0 Å². The zero-order valence-electron chi connectivity index (χ0n) is 11.7. The summed E-state index contributed by atoms with van der Waals surface area (Å²) in [7, 11) is 0. The molecule has 0 bridgehead atoms. The van der Waals surface area contributed by atoms with E-state index >= 15 is 0 Å². The minimum Gasteiger partial charge on any atom is -0.321 e. The van der Waals surface area contributed by atoms with Gasteiger partial charge in [-0.15, -0.1) is 0 Å². The molecular weight excluding hydrogens is 246 g/mol. The summed E-state index contributed by atoms with van der Waals surface area (Å²) in [6.45, 7) is 2.15. The lowest BCUT2D eigenvalue weighted by atomic mass is 10.1. The van der Waals surface area contributed by atoms with Crippen molar-refractivity contribution >= 4 is 11.0 Å². The Kier molecular flexibility index (Phi) is 3.52. The van der Waals surface area contributed by atoms with Crippen molar-refractivity contribution in [1.82, 2.24) is 9.55 Å². The molecule has 2 N–H and O–H groups in total. The van der Waals surface area contributed by atoms with Gasteiger partial charge in [0, 0.05) is 5.69 Å². The first-order valence-corrected chi connectivity index (χ1v) is 7.09. The van der Waals surface area contributed by atoms with Gasteiger partial charge in [-0.2, -0.15) is 0 Å². The van der Waals surface area contributed by atoms with E-state index in [4.69, 9.17) is 10.7 Å². The number of imidazole rings is 1. The summed E-state index contributed by atoms with van der Waals surface area (Å²) in [4.78, 5) is 4.75. The molecule has 0 aliphatic rings. The molecule has 1 unspecified atom stereocenters. The molecule has 0 saturated carbocycles. The number of benzene rings is 2. The molecule has 2 aromatic carbocycles. The largest absolute Gasteiger partial charge is 0.321 e. The Balaban J connectivity index is 2.23. The molecule has 102 valence electrons. The molecule has 0 aliphatic carbocycles. The van der Waals surface area contributed by atoms with Crippen LogP contribution in [0.15, 0.2) is 54.6 Å². The maximum Gasteiger partial charge on any atom is 0.131 e. The molecule has 0 fully saturated rings. The summed E-state index contributed by atoms with van der Waals surface area (Å²) < 4.78 is 2.18. The number of nitrogens with zero attached hydrogens (tertiary/aromatic N) is 2. The van der Waals surface area contributed by atoms with Crippen LogP contribution in [0.3, 0.4) is 0 Å². The van der Waals surface area contributed by atoms with Crippen LogP contribution in [0.5, 0.6) is 0 Å². The third kappa shape index (κ3) is 2.21. The van der Waals surface area contributed by atoms with Gasteiger partial charge in [-0.25, -0.2) is 4.98 Å². The number of aromatic nitrogens is 2. The Morgan fingerprint density at radius 3 is 2.50 bits per heavy atom. The zero-order chi connectivity index (χ0) is 13.9. The fraction of sp³-hybridized carbons (Fsp3) is 0.235. The van der Waals surface area contributed by atoms with E-state index in [2.05, 4.69) is 29.7 Å². The van der Waals surface area contributed by atoms with Crippen LogP contribution in [0.25, 0.3) is 16.7 Å². The molecule has 1 atom stereocenters. The molecule has 0 spiro atoms. The fourth-order valence-corrected chi connectivity index (χ4v) is 2.58. The molecule has 3 rings (SSSR count). The average Bonchev–Trinajstić information content (AvgIpc) is 2.88. The van der Waals surface area contributed by atoms with Crippen LogP contribution in [0.4, 0.5) is 0 Å². The van der Waals surface area contributed by atoms with Crippen LogP contribution in [-0.4, -0.2) is 9.55 Å². The highest BCUT2D eigenvalue weighted by Crippen LogP contribution is 2.26. The first-order chi connectivity index (χ1) is 9.81. The van der Waals surface area contributed by atoms with E-state index in [9.17, 15) is 0 Å². The number of rotatable bonds is 4. The van der Waals surface area contributed by atoms with Gasteiger partial charge >= 0.3 is 0 Å². The van der Waals surface area contributed by atoms with Crippen molar-refractivity contribution in [2.24, 2.45) is 5.73 Å². The van der Waals surface area contributed by atoms with Gasteiger partial charge in [-0.3, -0.25) is 4.57 Å². The Labute approximate surface area is 119 Å². The van der Waals surface area contributed by atoms with Crippen molar-refractivity contribution in [3.8, 4) is 5.69 Å². The molecule has 1 aromatic heterocycles. The summed E-state index contributed by atoms with van der Waals surface area (Å²) in [6.07, 6.45) is 2.00. The van der Waals surface area contributed by atoms with Crippen molar-refractivity contribution in [1.29, 1.82) is 0 Å². The third-order valence-electron chi connectivity index (χ3n) is 3.53. The standard InChI is InChI=1S/C17H19N3/c1-2-8-14(18)17-19-15-11-6-7-12-16(15)20(17)13-9-4-3-5-10-13/h3-7,9-12,14H,2,8,18H2,1H3. The Morgan fingerprint density at radius 2 is 1.75 bits per heavy atom. The maximum atomic E-state index is 6.32. The average molecular weight is 265 g/mol. The van der Waals surface area contributed by atoms with Gasteiger partial charge in [-0.1, -0.05) is 43.7 Å². The second-order valence-electron chi connectivity index (χ2n) is 5.02. The van der Waals surface area contributed by atoms with Gasteiger partial charge in [0.1, 0.15) is 5.82 Å². The Hall–Kier alpha value is -2.13. The van der Waals surface area contributed by atoms with Crippen molar-refractivity contribution in [2.45, 2.75) is 25.8 Å². The summed E-state index contributed by atoms with van der Waals surface area (Å²) in [5, 5.41) is 0. The summed E-state index contributed by atoms with van der Waals surface area (Å²) in [5.41, 5.74) is 9.55. The highest BCUT2D eigenvalue weighted by molar-refractivity contribution is 5.78. The van der Waals surface area contributed by atoms with Crippen LogP contribution in [0.1, 0.15) is 31.6 Å².